The number of carbonyl (C=O) groups excluding carboxylic acids is 1. The summed E-state index contributed by atoms with van der Waals surface area (Å²) < 4.78 is 1.85. The van der Waals surface area contributed by atoms with Gasteiger partial charge < -0.3 is 4.57 Å². The third-order valence-corrected chi connectivity index (χ3v) is 2.39. The smallest absolute Gasteiger partial charge is 0.246 e. The van der Waals surface area contributed by atoms with Crippen LogP contribution in [0, 0.1) is 6.92 Å². The van der Waals surface area contributed by atoms with Gasteiger partial charge in [-0.15, -0.1) is 0 Å². The van der Waals surface area contributed by atoms with E-state index in [2.05, 4.69) is 21.9 Å². The first-order chi connectivity index (χ1) is 8.22. The number of nitrogens with zero attached hydrogens (tertiary/aromatic N) is 4. The normalized spacial score (nSPS) is 10.5. The zero-order chi connectivity index (χ0) is 12.3. The van der Waals surface area contributed by atoms with Crippen LogP contribution in [0.5, 0.6) is 0 Å². The van der Waals surface area contributed by atoms with Gasteiger partial charge in [0.25, 0.3) is 0 Å². The van der Waals surface area contributed by atoms with Gasteiger partial charge in [0.1, 0.15) is 11.5 Å². The van der Waals surface area contributed by atoms with Gasteiger partial charge >= 0.3 is 0 Å². The summed E-state index contributed by atoms with van der Waals surface area (Å²) >= 11 is 0. The molecule has 0 saturated carbocycles. The highest BCUT2D eigenvalue weighted by atomic mass is 16.1. The molecule has 0 saturated heterocycles. The maximum Gasteiger partial charge on any atom is 0.246 e. The molecule has 2 rings (SSSR count). The van der Waals surface area contributed by atoms with E-state index in [-0.39, 0.29) is 5.78 Å². The molecule has 2 heterocycles. The Hall–Kier alpha value is -2.04. The Morgan fingerprint density at radius 1 is 1.35 bits per heavy atom. The van der Waals surface area contributed by atoms with Gasteiger partial charge in [0.2, 0.25) is 5.78 Å². The van der Waals surface area contributed by atoms with Gasteiger partial charge in [-0.05, 0) is 19.4 Å². The van der Waals surface area contributed by atoms with Gasteiger partial charge in [-0.25, -0.2) is 15.0 Å². The van der Waals surface area contributed by atoms with Crippen LogP contribution < -0.4 is 0 Å². The second kappa shape index (κ2) is 4.86. The first kappa shape index (κ1) is 11.4. The third kappa shape index (κ3) is 2.38. The molecule has 0 atom stereocenters. The van der Waals surface area contributed by atoms with E-state index in [0.717, 1.165) is 13.0 Å². The van der Waals surface area contributed by atoms with E-state index in [1.54, 1.807) is 25.4 Å². The molecule has 2 aromatic heterocycles. The van der Waals surface area contributed by atoms with Gasteiger partial charge in [-0.1, -0.05) is 6.92 Å². The molecule has 0 aliphatic rings. The van der Waals surface area contributed by atoms with Crippen LogP contribution in [0.4, 0.5) is 0 Å². The molecule has 2 aromatic rings. The topological polar surface area (TPSA) is 60.7 Å². The van der Waals surface area contributed by atoms with E-state index in [4.69, 9.17) is 0 Å². The highest BCUT2D eigenvalue weighted by Crippen LogP contribution is 2.06. The summed E-state index contributed by atoms with van der Waals surface area (Å²) in [6.45, 7) is 4.60. The second-order valence-electron chi connectivity index (χ2n) is 3.76. The zero-order valence-electron chi connectivity index (χ0n) is 9.92. The molecule has 0 N–H and O–H groups in total. The lowest BCUT2D eigenvalue weighted by molar-refractivity contribution is 0.102. The van der Waals surface area contributed by atoms with Crippen LogP contribution in [0.1, 0.15) is 35.5 Å². The zero-order valence-corrected chi connectivity index (χ0v) is 9.92. The largest absolute Gasteiger partial charge is 0.328 e. The maximum atomic E-state index is 12.2. The van der Waals surface area contributed by atoms with E-state index in [0.29, 0.717) is 17.3 Å². The van der Waals surface area contributed by atoms with Gasteiger partial charge in [-0.3, -0.25) is 4.79 Å². The molecule has 5 heteroatoms. The third-order valence-electron chi connectivity index (χ3n) is 2.39. The van der Waals surface area contributed by atoms with Crippen molar-refractivity contribution in [1.82, 2.24) is 19.5 Å². The Morgan fingerprint density at radius 2 is 2.18 bits per heavy atom. The van der Waals surface area contributed by atoms with Gasteiger partial charge in [-0.2, -0.15) is 0 Å². The van der Waals surface area contributed by atoms with E-state index >= 15 is 0 Å². The number of aryl methyl sites for hydroxylation is 2. The fraction of sp³-hybridized carbons (Fsp3) is 0.333. The lowest BCUT2D eigenvalue weighted by atomic mass is 10.2. The van der Waals surface area contributed by atoms with E-state index in [1.807, 2.05) is 10.8 Å². The predicted molar refractivity (Wildman–Crippen MR) is 62.7 cm³/mol. The molecule has 0 unspecified atom stereocenters. The molecule has 0 amide bonds. The molecule has 0 aliphatic heterocycles. The first-order valence-electron chi connectivity index (χ1n) is 5.58. The monoisotopic (exact) mass is 230 g/mol. The Kier molecular flexibility index (Phi) is 3.27. The average molecular weight is 230 g/mol. The lowest BCUT2D eigenvalue weighted by Gasteiger charge is -2.04. The van der Waals surface area contributed by atoms with Crippen LogP contribution >= 0.6 is 0 Å². The summed E-state index contributed by atoms with van der Waals surface area (Å²) in [5, 5.41) is 0. The fourth-order valence-corrected chi connectivity index (χ4v) is 1.64. The number of ketones is 1. The van der Waals surface area contributed by atoms with Crippen molar-refractivity contribution < 1.29 is 4.79 Å². The van der Waals surface area contributed by atoms with Crippen LogP contribution in [0.3, 0.4) is 0 Å². The average Bonchev–Trinajstić information content (AvgIpc) is 2.77. The lowest BCUT2D eigenvalue weighted by Crippen LogP contribution is -2.13. The van der Waals surface area contributed by atoms with Crippen molar-refractivity contribution in [3.05, 3.63) is 42.0 Å². The Morgan fingerprint density at radius 3 is 2.88 bits per heavy atom. The molecule has 0 spiro atoms. The highest BCUT2D eigenvalue weighted by molar-refractivity contribution is 6.05. The Bertz CT molecular complexity index is 533. The minimum atomic E-state index is -0.158. The van der Waals surface area contributed by atoms with Crippen LogP contribution in [0.25, 0.3) is 0 Å². The van der Waals surface area contributed by atoms with Crippen molar-refractivity contribution in [3.63, 3.8) is 0 Å². The quantitative estimate of drug-likeness (QED) is 0.749. The maximum absolute atomic E-state index is 12.2. The second-order valence-corrected chi connectivity index (χ2v) is 3.76. The Labute approximate surface area is 99.6 Å². The molecule has 0 bridgehead atoms. The molecule has 5 nitrogen and oxygen atoms in total. The number of hydrogen-bond donors (Lipinski definition) is 0. The van der Waals surface area contributed by atoms with E-state index in [9.17, 15) is 4.79 Å². The summed E-state index contributed by atoms with van der Waals surface area (Å²) in [6, 6.07) is 1.61. The van der Waals surface area contributed by atoms with Gasteiger partial charge in [0.15, 0.2) is 5.82 Å². The van der Waals surface area contributed by atoms with E-state index in [1.165, 1.54) is 0 Å². The SMILES string of the molecule is CCCn1ccnc1C(=O)c1ccnc(C)n1. The van der Waals surface area contributed by atoms with Crippen molar-refractivity contribution in [2.24, 2.45) is 0 Å². The number of imidazole rings is 1. The minimum absolute atomic E-state index is 0.158. The fourth-order valence-electron chi connectivity index (χ4n) is 1.64. The van der Waals surface area contributed by atoms with Crippen molar-refractivity contribution in [3.8, 4) is 0 Å². The number of rotatable bonds is 4. The van der Waals surface area contributed by atoms with Crippen LogP contribution in [-0.4, -0.2) is 25.3 Å². The first-order valence-corrected chi connectivity index (χ1v) is 5.58. The summed E-state index contributed by atoms with van der Waals surface area (Å²) in [5.41, 5.74) is 0.390. The van der Waals surface area contributed by atoms with Gasteiger partial charge in [0, 0.05) is 25.1 Å². The Balaban J connectivity index is 2.33. The summed E-state index contributed by atoms with van der Waals surface area (Å²) in [4.78, 5) is 24.4. The van der Waals surface area contributed by atoms with Crippen molar-refractivity contribution >= 4 is 5.78 Å². The van der Waals surface area contributed by atoms with Crippen LogP contribution in [0.2, 0.25) is 0 Å². The number of hydrogen-bond acceptors (Lipinski definition) is 4. The molecule has 88 valence electrons. The predicted octanol–water partition coefficient (Wildman–Crippen LogP) is 1.62. The number of aromatic nitrogens is 4. The van der Waals surface area contributed by atoms with Crippen molar-refractivity contribution in [2.75, 3.05) is 0 Å². The van der Waals surface area contributed by atoms with E-state index < -0.39 is 0 Å². The molecule has 17 heavy (non-hydrogen) atoms. The highest BCUT2D eigenvalue weighted by Gasteiger charge is 2.16. The van der Waals surface area contributed by atoms with Crippen molar-refractivity contribution in [1.29, 1.82) is 0 Å². The number of carbonyl (C=O) groups is 1. The molecule has 0 radical (unpaired) electrons. The summed E-state index contributed by atoms with van der Waals surface area (Å²) in [5.74, 6) is 0.864. The molecular weight excluding hydrogens is 216 g/mol. The standard InChI is InChI=1S/C12H14N4O/c1-3-7-16-8-6-14-12(16)11(17)10-4-5-13-9(2)15-10/h4-6,8H,3,7H2,1-2H3. The molecule has 0 fully saturated rings. The molecule has 0 aliphatic carbocycles. The van der Waals surface area contributed by atoms with Crippen molar-refractivity contribution in [2.45, 2.75) is 26.8 Å². The minimum Gasteiger partial charge on any atom is -0.328 e. The summed E-state index contributed by atoms with van der Waals surface area (Å²) in [7, 11) is 0. The molecule has 0 aromatic carbocycles. The van der Waals surface area contributed by atoms with Crippen LogP contribution in [-0.2, 0) is 6.54 Å². The van der Waals surface area contributed by atoms with Gasteiger partial charge in [0.05, 0.1) is 0 Å². The van der Waals surface area contributed by atoms with Crippen LogP contribution in [0.15, 0.2) is 24.7 Å². The molecular formula is C12H14N4O. The summed E-state index contributed by atoms with van der Waals surface area (Å²) in [6.07, 6.45) is 5.99.